The van der Waals surface area contributed by atoms with Gasteiger partial charge in [0, 0.05) is 29.2 Å². The number of benzene rings is 1. The van der Waals surface area contributed by atoms with Crippen LogP contribution in [0.1, 0.15) is 44.2 Å². The molecule has 0 spiro atoms. The van der Waals surface area contributed by atoms with Gasteiger partial charge in [0.15, 0.2) is 0 Å². The van der Waals surface area contributed by atoms with E-state index in [0.717, 1.165) is 5.75 Å². The van der Waals surface area contributed by atoms with E-state index in [0.29, 0.717) is 24.6 Å². The molecule has 0 radical (unpaired) electrons. The number of rotatable bonds is 7. The Morgan fingerprint density at radius 1 is 1.28 bits per heavy atom. The van der Waals surface area contributed by atoms with Crippen molar-refractivity contribution in [2.24, 2.45) is 5.92 Å². The van der Waals surface area contributed by atoms with E-state index < -0.39 is 12.0 Å². The van der Waals surface area contributed by atoms with Crippen LogP contribution < -0.4 is 0 Å². The van der Waals surface area contributed by atoms with Crippen LogP contribution in [-0.4, -0.2) is 45.5 Å². The number of aliphatic carboxylic acids is 1. The van der Waals surface area contributed by atoms with Gasteiger partial charge in [-0.1, -0.05) is 45.0 Å². The molecule has 1 aromatic rings. The largest absolute Gasteiger partial charge is 0.480 e. The zero-order chi connectivity index (χ0) is 18.6. The first-order chi connectivity index (χ1) is 11.8. The molecule has 2 rings (SSSR count). The maximum atomic E-state index is 12.4. The highest BCUT2D eigenvalue weighted by molar-refractivity contribution is 7.99. The molecule has 1 aliphatic heterocycles. The first kappa shape index (κ1) is 20.2. The number of carboxylic acid groups (broad SMARTS) is 1. The normalized spacial score (nSPS) is 21.6. The lowest BCUT2D eigenvalue weighted by molar-refractivity contribution is -0.149. The standard InChI is InChI=1S/C19H27NO3S2/c1-12(2)15-6-4-14(5-7-15)11-25-16-8-17(19(22)23)20(9-16)18(21)13(3)10-24/h4-7,12-13,16-17,24H,8-11H2,1-3H3,(H,22,23). The minimum absolute atomic E-state index is 0.105. The van der Waals surface area contributed by atoms with E-state index >= 15 is 0 Å². The van der Waals surface area contributed by atoms with Gasteiger partial charge >= 0.3 is 5.97 Å². The topological polar surface area (TPSA) is 57.6 Å². The van der Waals surface area contributed by atoms with E-state index in [9.17, 15) is 14.7 Å². The van der Waals surface area contributed by atoms with Crippen LogP contribution in [0, 0.1) is 5.92 Å². The molecule has 6 heteroatoms. The fourth-order valence-electron chi connectivity index (χ4n) is 2.97. The first-order valence-electron chi connectivity index (χ1n) is 8.68. The molecule has 1 fully saturated rings. The summed E-state index contributed by atoms with van der Waals surface area (Å²) in [7, 11) is 0. The number of hydrogen-bond acceptors (Lipinski definition) is 4. The molecule has 0 saturated carbocycles. The summed E-state index contributed by atoms with van der Waals surface area (Å²) in [6, 6.07) is 7.87. The smallest absolute Gasteiger partial charge is 0.326 e. The number of amides is 1. The summed E-state index contributed by atoms with van der Waals surface area (Å²) in [6.45, 7) is 6.64. The molecule has 1 saturated heterocycles. The molecule has 3 atom stereocenters. The minimum Gasteiger partial charge on any atom is -0.480 e. The van der Waals surface area contributed by atoms with Gasteiger partial charge in [0.25, 0.3) is 0 Å². The van der Waals surface area contributed by atoms with Crippen molar-refractivity contribution in [3.05, 3.63) is 35.4 Å². The number of carbonyl (C=O) groups excluding carboxylic acids is 1. The van der Waals surface area contributed by atoms with Crippen molar-refractivity contribution in [3.8, 4) is 0 Å². The Kier molecular flexibility index (Phi) is 7.25. The van der Waals surface area contributed by atoms with Crippen molar-refractivity contribution in [3.63, 3.8) is 0 Å². The Labute approximate surface area is 159 Å². The number of carbonyl (C=O) groups is 2. The molecule has 1 heterocycles. The van der Waals surface area contributed by atoms with E-state index in [4.69, 9.17) is 0 Å². The zero-order valence-electron chi connectivity index (χ0n) is 15.0. The average Bonchev–Trinajstić information content (AvgIpc) is 3.03. The second-order valence-corrected chi connectivity index (χ2v) is 8.65. The van der Waals surface area contributed by atoms with Crippen molar-refractivity contribution in [1.29, 1.82) is 0 Å². The molecule has 1 N–H and O–H groups in total. The first-order valence-corrected chi connectivity index (χ1v) is 10.4. The van der Waals surface area contributed by atoms with Crippen LogP contribution in [0.3, 0.4) is 0 Å². The molecule has 138 valence electrons. The van der Waals surface area contributed by atoms with Gasteiger partial charge in [-0.3, -0.25) is 4.79 Å². The quantitative estimate of drug-likeness (QED) is 0.708. The van der Waals surface area contributed by atoms with Crippen molar-refractivity contribution in [2.45, 2.75) is 50.2 Å². The number of thioether (sulfide) groups is 1. The Morgan fingerprint density at radius 3 is 2.44 bits per heavy atom. The average molecular weight is 382 g/mol. The van der Waals surface area contributed by atoms with Crippen molar-refractivity contribution >= 4 is 36.3 Å². The van der Waals surface area contributed by atoms with Crippen LogP contribution >= 0.6 is 24.4 Å². The van der Waals surface area contributed by atoms with Crippen LogP contribution in [0.25, 0.3) is 0 Å². The third-order valence-electron chi connectivity index (χ3n) is 4.66. The van der Waals surface area contributed by atoms with Crippen molar-refractivity contribution in [2.75, 3.05) is 12.3 Å². The van der Waals surface area contributed by atoms with E-state index in [1.165, 1.54) is 16.0 Å². The van der Waals surface area contributed by atoms with Gasteiger partial charge in [-0.2, -0.15) is 24.4 Å². The van der Waals surface area contributed by atoms with Crippen LogP contribution in [-0.2, 0) is 15.3 Å². The van der Waals surface area contributed by atoms with Crippen LogP contribution in [0.5, 0.6) is 0 Å². The molecular weight excluding hydrogens is 354 g/mol. The minimum atomic E-state index is -0.913. The Hall–Kier alpha value is -1.14. The number of likely N-dealkylation sites (tertiary alicyclic amines) is 1. The zero-order valence-corrected chi connectivity index (χ0v) is 16.7. The predicted octanol–water partition coefficient (Wildman–Crippen LogP) is 3.66. The van der Waals surface area contributed by atoms with Crippen LogP contribution in [0.15, 0.2) is 24.3 Å². The molecule has 4 nitrogen and oxygen atoms in total. The number of thiol groups is 1. The molecule has 1 amide bonds. The molecule has 0 aromatic heterocycles. The van der Waals surface area contributed by atoms with E-state index in [1.54, 1.807) is 18.7 Å². The second kappa shape index (κ2) is 8.99. The lowest BCUT2D eigenvalue weighted by atomic mass is 10.0. The highest BCUT2D eigenvalue weighted by atomic mass is 32.2. The third kappa shape index (κ3) is 5.17. The summed E-state index contributed by atoms with van der Waals surface area (Å²) in [5, 5.41) is 9.60. The fraction of sp³-hybridized carbons (Fsp3) is 0.579. The van der Waals surface area contributed by atoms with Gasteiger partial charge in [0.05, 0.1) is 0 Å². The van der Waals surface area contributed by atoms with Gasteiger partial charge in [-0.05, 0) is 23.5 Å². The van der Waals surface area contributed by atoms with Gasteiger partial charge in [0.1, 0.15) is 6.04 Å². The van der Waals surface area contributed by atoms with E-state index in [1.807, 2.05) is 0 Å². The Morgan fingerprint density at radius 2 is 1.92 bits per heavy atom. The molecular formula is C19H27NO3S2. The summed E-state index contributed by atoms with van der Waals surface area (Å²) in [4.78, 5) is 25.5. The fourth-order valence-corrected chi connectivity index (χ4v) is 4.33. The summed E-state index contributed by atoms with van der Waals surface area (Å²) in [6.07, 6.45) is 0.509. The lowest BCUT2D eigenvalue weighted by Crippen LogP contribution is -2.43. The molecule has 3 unspecified atom stereocenters. The van der Waals surface area contributed by atoms with Crippen LogP contribution in [0.2, 0.25) is 0 Å². The molecule has 0 aliphatic carbocycles. The monoisotopic (exact) mass is 381 g/mol. The summed E-state index contributed by atoms with van der Waals surface area (Å²) < 4.78 is 0. The van der Waals surface area contributed by atoms with Gasteiger partial charge < -0.3 is 10.0 Å². The van der Waals surface area contributed by atoms with Crippen LogP contribution in [0.4, 0.5) is 0 Å². The highest BCUT2D eigenvalue weighted by Crippen LogP contribution is 2.31. The predicted molar refractivity (Wildman–Crippen MR) is 106 cm³/mol. The van der Waals surface area contributed by atoms with Gasteiger partial charge in [-0.25, -0.2) is 4.79 Å². The summed E-state index contributed by atoms with van der Waals surface area (Å²) in [5.41, 5.74) is 2.55. The van der Waals surface area contributed by atoms with E-state index in [2.05, 4.69) is 50.7 Å². The Bertz CT molecular complexity index is 603. The second-order valence-electron chi connectivity index (χ2n) is 6.99. The Balaban J connectivity index is 1.96. The molecule has 1 aromatic carbocycles. The maximum absolute atomic E-state index is 12.4. The third-order valence-corrected chi connectivity index (χ3v) is 6.52. The van der Waals surface area contributed by atoms with Gasteiger partial charge in [-0.15, -0.1) is 0 Å². The molecule has 1 aliphatic rings. The highest BCUT2D eigenvalue weighted by Gasteiger charge is 2.40. The summed E-state index contributed by atoms with van der Waals surface area (Å²) in [5.74, 6) is 0.510. The van der Waals surface area contributed by atoms with Crippen molar-refractivity contribution < 1.29 is 14.7 Å². The number of carboxylic acids is 1. The van der Waals surface area contributed by atoms with Crippen molar-refractivity contribution in [1.82, 2.24) is 4.90 Å². The summed E-state index contributed by atoms with van der Waals surface area (Å²) >= 11 is 5.90. The van der Waals surface area contributed by atoms with E-state index in [-0.39, 0.29) is 17.1 Å². The molecule has 0 bridgehead atoms. The van der Waals surface area contributed by atoms with Gasteiger partial charge in [0.2, 0.25) is 5.91 Å². The lowest BCUT2D eigenvalue weighted by Gasteiger charge is -2.24. The number of nitrogens with zero attached hydrogens (tertiary/aromatic N) is 1. The maximum Gasteiger partial charge on any atom is 0.326 e. The number of hydrogen-bond donors (Lipinski definition) is 2. The SMILES string of the molecule is CC(CS)C(=O)N1CC(SCc2ccc(C(C)C)cc2)CC1C(=O)O. The molecule has 25 heavy (non-hydrogen) atoms.